The molecule has 0 fully saturated rings. The molecule has 1 aliphatic heterocycles. The van der Waals surface area contributed by atoms with Gasteiger partial charge in [0, 0.05) is 18.8 Å². The van der Waals surface area contributed by atoms with Gasteiger partial charge in [-0.25, -0.2) is 0 Å². The number of aromatic hydroxyl groups is 1. The highest BCUT2D eigenvalue weighted by Gasteiger charge is 2.35. The van der Waals surface area contributed by atoms with Crippen molar-refractivity contribution in [1.82, 2.24) is 15.5 Å². The van der Waals surface area contributed by atoms with Crippen molar-refractivity contribution in [2.24, 2.45) is 5.92 Å². The number of aliphatic hydroxyl groups is 1. The number of rotatable bonds is 10. The van der Waals surface area contributed by atoms with E-state index in [9.17, 15) is 19.8 Å². The molecule has 0 spiro atoms. The standard InChI is InChI=1S/C23H33N5O5/c1-14(2)10-16(22(31)27-19(24)8-9-26-13-23(3,4)32)28-12-15(11-20(28)30)33-18-7-5-6-17(29)21(18)25/h5-9,11,14,16,26,29,32H,10,12-13,25H2,1-4H3,(H2,24,27,31)/b9-8-/t16-/m0/s1. The van der Waals surface area contributed by atoms with E-state index in [4.69, 9.17) is 15.9 Å². The third kappa shape index (κ3) is 7.83. The fraction of sp³-hybridized carbons (Fsp3) is 0.435. The molecule has 0 saturated carbocycles. The Morgan fingerprint density at radius 1 is 1.39 bits per heavy atom. The molecule has 1 aliphatic rings. The van der Waals surface area contributed by atoms with Crippen LogP contribution in [0.5, 0.6) is 11.5 Å². The summed E-state index contributed by atoms with van der Waals surface area (Å²) in [5.74, 6) is -0.538. The molecule has 0 bridgehead atoms. The SMILES string of the molecule is CC(C)C[C@@H](C(=O)NC(=N)/C=C\NCC(C)(C)O)N1CC(Oc2cccc(O)c2N)=CC1=O. The van der Waals surface area contributed by atoms with Gasteiger partial charge in [0.1, 0.15) is 29.1 Å². The van der Waals surface area contributed by atoms with Crippen molar-refractivity contribution in [1.29, 1.82) is 5.41 Å². The van der Waals surface area contributed by atoms with Crippen LogP contribution in [0, 0.1) is 11.3 Å². The van der Waals surface area contributed by atoms with Crippen molar-refractivity contribution < 1.29 is 24.5 Å². The summed E-state index contributed by atoms with van der Waals surface area (Å²) in [4.78, 5) is 27.0. The van der Waals surface area contributed by atoms with E-state index >= 15 is 0 Å². The first kappa shape index (κ1) is 25.7. The molecule has 0 aromatic heterocycles. The quantitative estimate of drug-likeness (QED) is 0.134. The molecule has 0 saturated heterocycles. The van der Waals surface area contributed by atoms with Gasteiger partial charge in [0.25, 0.3) is 5.91 Å². The van der Waals surface area contributed by atoms with Crippen LogP contribution in [0.3, 0.4) is 0 Å². The van der Waals surface area contributed by atoms with Gasteiger partial charge in [-0.2, -0.15) is 0 Å². The minimum absolute atomic E-state index is 0.0506. The Morgan fingerprint density at radius 3 is 2.73 bits per heavy atom. The molecule has 0 radical (unpaired) electrons. The lowest BCUT2D eigenvalue weighted by Gasteiger charge is -2.28. The number of nitrogen functional groups attached to an aromatic ring is 1. The maximum absolute atomic E-state index is 12.9. The molecule has 10 nitrogen and oxygen atoms in total. The minimum atomic E-state index is -0.913. The van der Waals surface area contributed by atoms with Crippen molar-refractivity contribution in [3.63, 3.8) is 0 Å². The number of hydrogen-bond donors (Lipinski definition) is 6. The third-order valence-electron chi connectivity index (χ3n) is 4.71. The number of phenols is 1. The number of phenolic OH excluding ortho intramolecular Hbond substituents is 1. The van der Waals surface area contributed by atoms with Crippen LogP contribution in [-0.4, -0.2) is 57.5 Å². The first-order chi connectivity index (χ1) is 15.4. The van der Waals surface area contributed by atoms with E-state index in [2.05, 4.69) is 10.6 Å². The zero-order valence-electron chi connectivity index (χ0n) is 19.4. The lowest BCUT2D eigenvalue weighted by molar-refractivity contribution is -0.135. The third-order valence-corrected chi connectivity index (χ3v) is 4.71. The summed E-state index contributed by atoms with van der Waals surface area (Å²) in [7, 11) is 0. The molecule has 1 atom stereocenters. The van der Waals surface area contributed by atoms with Crippen molar-refractivity contribution in [3.8, 4) is 11.5 Å². The Bertz CT molecular complexity index is 949. The van der Waals surface area contributed by atoms with Crippen molar-refractivity contribution in [2.75, 3.05) is 18.8 Å². The predicted octanol–water partition coefficient (Wildman–Crippen LogP) is 1.46. The number of hydrogen-bond acceptors (Lipinski definition) is 8. The fourth-order valence-corrected chi connectivity index (χ4v) is 3.13. The van der Waals surface area contributed by atoms with Gasteiger partial charge >= 0.3 is 0 Å². The summed E-state index contributed by atoms with van der Waals surface area (Å²) in [5, 5.41) is 32.8. The largest absolute Gasteiger partial charge is 0.506 e. The number of amidine groups is 1. The molecule has 2 amide bonds. The number of nitrogens with zero attached hydrogens (tertiary/aromatic N) is 1. The number of para-hydroxylation sites is 1. The molecule has 1 aromatic carbocycles. The van der Waals surface area contributed by atoms with Gasteiger partial charge in [0.15, 0.2) is 5.75 Å². The van der Waals surface area contributed by atoms with E-state index in [-0.39, 0.29) is 42.0 Å². The molecule has 1 aromatic rings. The zero-order valence-corrected chi connectivity index (χ0v) is 19.4. The number of nitrogens with one attached hydrogen (secondary N) is 3. The number of amides is 2. The van der Waals surface area contributed by atoms with E-state index < -0.39 is 23.5 Å². The topological polar surface area (TPSA) is 161 Å². The highest BCUT2D eigenvalue weighted by molar-refractivity contribution is 6.05. The van der Waals surface area contributed by atoms with Gasteiger partial charge in [-0.15, -0.1) is 0 Å². The van der Waals surface area contributed by atoms with E-state index in [1.807, 2.05) is 13.8 Å². The molecular formula is C23H33N5O5. The van der Waals surface area contributed by atoms with E-state index in [1.54, 1.807) is 26.0 Å². The average molecular weight is 460 g/mol. The maximum atomic E-state index is 12.9. The predicted molar refractivity (Wildman–Crippen MR) is 125 cm³/mol. The van der Waals surface area contributed by atoms with Crippen molar-refractivity contribution in [3.05, 3.63) is 42.3 Å². The molecule has 0 unspecified atom stereocenters. The zero-order chi connectivity index (χ0) is 24.8. The lowest BCUT2D eigenvalue weighted by atomic mass is 10.0. The van der Waals surface area contributed by atoms with Crippen LogP contribution in [0.4, 0.5) is 5.69 Å². The lowest BCUT2D eigenvalue weighted by Crippen LogP contribution is -2.49. The van der Waals surface area contributed by atoms with Gasteiger partial charge in [-0.3, -0.25) is 15.0 Å². The number of carbonyl (C=O) groups is 2. The number of nitrogens with two attached hydrogens (primary N) is 1. The van der Waals surface area contributed by atoms with E-state index in [0.29, 0.717) is 12.2 Å². The van der Waals surface area contributed by atoms with Gasteiger partial charge in [-0.05, 0) is 44.4 Å². The summed E-state index contributed by atoms with van der Waals surface area (Å²) in [6.07, 6.45) is 4.50. The molecule has 0 aliphatic carbocycles. The Morgan fingerprint density at radius 2 is 2.09 bits per heavy atom. The molecule has 33 heavy (non-hydrogen) atoms. The normalized spacial score (nSPS) is 15.0. The highest BCUT2D eigenvalue weighted by Crippen LogP contribution is 2.32. The van der Waals surface area contributed by atoms with Gasteiger partial charge in [0.05, 0.1) is 12.1 Å². The molecule has 10 heteroatoms. The second kappa shape index (κ2) is 10.9. The summed E-state index contributed by atoms with van der Waals surface area (Å²) < 4.78 is 5.70. The van der Waals surface area contributed by atoms with Crippen molar-refractivity contribution in [2.45, 2.75) is 45.8 Å². The van der Waals surface area contributed by atoms with Crippen LogP contribution < -0.4 is 21.1 Å². The first-order valence-corrected chi connectivity index (χ1v) is 10.7. The second-order valence-corrected chi connectivity index (χ2v) is 8.94. The van der Waals surface area contributed by atoms with Crippen LogP contribution >= 0.6 is 0 Å². The van der Waals surface area contributed by atoms with Crippen LogP contribution in [0.1, 0.15) is 34.1 Å². The summed E-state index contributed by atoms with van der Waals surface area (Å²) in [6, 6.07) is 3.76. The van der Waals surface area contributed by atoms with Crippen LogP contribution in [-0.2, 0) is 9.59 Å². The molecule has 1 heterocycles. The van der Waals surface area contributed by atoms with Gasteiger partial charge in [-0.1, -0.05) is 19.9 Å². The number of ether oxygens (including phenoxy) is 1. The highest BCUT2D eigenvalue weighted by atomic mass is 16.5. The monoisotopic (exact) mass is 459 g/mol. The summed E-state index contributed by atoms with van der Waals surface area (Å²) in [5.41, 5.74) is 4.96. The average Bonchev–Trinajstić information content (AvgIpc) is 3.06. The number of benzene rings is 1. The number of carbonyl (C=O) groups excluding carboxylic acids is 2. The van der Waals surface area contributed by atoms with E-state index in [1.165, 1.54) is 29.3 Å². The molecule has 180 valence electrons. The van der Waals surface area contributed by atoms with Crippen LogP contribution in [0.15, 0.2) is 42.3 Å². The van der Waals surface area contributed by atoms with Crippen LogP contribution in [0.2, 0.25) is 0 Å². The number of anilines is 1. The second-order valence-electron chi connectivity index (χ2n) is 8.94. The van der Waals surface area contributed by atoms with Gasteiger partial charge < -0.3 is 36.2 Å². The molecule has 7 N–H and O–H groups in total. The Kier molecular flexibility index (Phi) is 8.47. The summed E-state index contributed by atoms with van der Waals surface area (Å²) >= 11 is 0. The van der Waals surface area contributed by atoms with Crippen LogP contribution in [0.25, 0.3) is 0 Å². The van der Waals surface area contributed by atoms with Crippen molar-refractivity contribution >= 4 is 23.3 Å². The Hall–Kier alpha value is -3.53. The molecule has 2 rings (SSSR count). The summed E-state index contributed by atoms with van der Waals surface area (Å²) in [6.45, 7) is 7.49. The first-order valence-electron chi connectivity index (χ1n) is 10.7. The Balaban J connectivity index is 2.04. The molecular weight excluding hydrogens is 426 g/mol. The minimum Gasteiger partial charge on any atom is -0.506 e. The van der Waals surface area contributed by atoms with Gasteiger partial charge in [0.2, 0.25) is 5.91 Å². The smallest absolute Gasteiger partial charge is 0.251 e. The van der Waals surface area contributed by atoms with E-state index in [0.717, 1.165) is 0 Å². The maximum Gasteiger partial charge on any atom is 0.251 e. The fourth-order valence-electron chi connectivity index (χ4n) is 3.13. The Labute approximate surface area is 193 Å².